The Hall–Kier alpha value is -0.138. The third-order valence-electron chi connectivity index (χ3n) is 3.03. The Morgan fingerprint density at radius 3 is 2.05 bits per heavy atom. The number of rotatable bonds is 6. The molecule has 0 aliphatic carbocycles. The number of hydrogen-bond acceptors (Lipinski definition) is 1. The Kier molecular flexibility index (Phi) is 10.5. The van der Waals surface area contributed by atoms with Crippen LogP contribution in [0.4, 0.5) is 0 Å². The average Bonchev–Trinajstić information content (AvgIpc) is 2.34. The van der Waals surface area contributed by atoms with Crippen LogP contribution in [0.3, 0.4) is 0 Å². The van der Waals surface area contributed by atoms with Gasteiger partial charge in [-0.15, -0.1) is 4.43 Å². The van der Waals surface area contributed by atoms with Crippen molar-refractivity contribution < 1.29 is 19.2 Å². The van der Waals surface area contributed by atoms with E-state index in [9.17, 15) is 0 Å². The lowest BCUT2D eigenvalue weighted by atomic mass is 10.0. The summed E-state index contributed by atoms with van der Waals surface area (Å²) in [6.07, 6.45) is 7.82. The van der Waals surface area contributed by atoms with Gasteiger partial charge in [0.05, 0.1) is 0 Å². The molecule has 0 spiro atoms. The van der Waals surface area contributed by atoms with E-state index in [2.05, 4.69) is 32.0 Å². The van der Waals surface area contributed by atoms with E-state index < -0.39 is 7.82 Å². The van der Waals surface area contributed by atoms with Gasteiger partial charge in [-0.3, -0.25) is 0 Å². The Morgan fingerprint density at radius 2 is 1.55 bits per heavy atom. The van der Waals surface area contributed by atoms with Gasteiger partial charge in [-0.05, 0) is 31.2 Å². The van der Waals surface area contributed by atoms with Crippen LogP contribution in [0.15, 0.2) is 18.2 Å². The lowest BCUT2D eigenvalue weighted by molar-refractivity contribution is 0.275. The zero-order chi connectivity index (χ0) is 15.6. The minimum absolute atomic E-state index is 1.20. The molecule has 0 saturated carbocycles. The van der Waals surface area contributed by atoms with Gasteiger partial charge in [0, 0.05) is 0 Å². The molecule has 4 nitrogen and oxygen atoms in total. The van der Waals surface area contributed by atoms with Gasteiger partial charge < -0.3 is 14.7 Å². The van der Waals surface area contributed by atoms with Crippen molar-refractivity contribution in [1.29, 1.82) is 0 Å². The van der Waals surface area contributed by atoms with Crippen LogP contribution < -0.4 is 4.43 Å². The standard InChI is InChI=1S/C14H21.Al.H3O4P.2H/c1-3-5-8-13-10-7-11-14(12-13)9-6-4-2;;1-5(2,3)4;;/h7,10,12H,3-6,8-9H2,1-2H3;;(H3,1,2,3,4);;. The van der Waals surface area contributed by atoms with Gasteiger partial charge in [0.15, 0.2) is 0 Å². The lowest BCUT2D eigenvalue weighted by Crippen LogP contribution is -2.10. The van der Waals surface area contributed by atoms with Crippen molar-refractivity contribution in [3.63, 3.8) is 0 Å². The topological polar surface area (TPSA) is 77.8 Å². The second-order valence-electron chi connectivity index (χ2n) is 4.98. The summed E-state index contributed by atoms with van der Waals surface area (Å²) in [5.74, 6) is 0. The molecular weight excluding hydrogens is 290 g/mol. The number of hydrogen-bond donors (Lipinski definition) is 3. The maximum absolute atomic E-state index is 8.88. The van der Waals surface area contributed by atoms with Gasteiger partial charge in [0.1, 0.15) is 0 Å². The molecule has 0 fully saturated rings. The second kappa shape index (κ2) is 10.6. The van der Waals surface area contributed by atoms with Crippen LogP contribution in [0.1, 0.15) is 50.7 Å². The highest BCUT2D eigenvalue weighted by molar-refractivity contribution is 7.45. The van der Waals surface area contributed by atoms with Crippen LogP contribution >= 0.6 is 7.82 Å². The zero-order valence-corrected chi connectivity index (χ0v) is 15.6. The van der Waals surface area contributed by atoms with Gasteiger partial charge in [-0.2, -0.15) is 0 Å². The number of phosphoric acid groups is 1. The molecule has 3 N–H and O–H groups in total. The summed E-state index contributed by atoms with van der Waals surface area (Å²) in [5, 5.41) is 0. The molecule has 114 valence electrons. The first-order chi connectivity index (χ1) is 9.27. The minimum atomic E-state index is -4.64. The first kappa shape index (κ1) is 19.9. The highest BCUT2D eigenvalue weighted by atomic mass is 31.2. The molecule has 0 atom stereocenters. The average molecular weight is 316 g/mol. The maximum Gasteiger partial charge on any atom is 0.466 e. The fourth-order valence-corrected chi connectivity index (χ4v) is 2.46. The molecule has 1 aromatic rings. The first-order valence-electron chi connectivity index (χ1n) is 7.14. The molecular formula is C14H26AlO4P. The predicted molar refractivity (Wildman–Crippen MR) is 86.1 cm³/mol. The van der Waals surface area contributed by atoms with Crippen molar-refractivity contribution in [2.75, 3.05) is 0 Å². The molecule has 0 radical (unpaired) electrons. The van der Waals surface area contributed by atoms with Crippen molar-refractivity contribution in [2.45, 2.75) is 52.4 Å². The summed E-state index contributed by atoms with van der Waals surface area (Å²) in [6, 6.07) is 7.13. The predicted octanol–water partition coefficient (Wildman–Crippen LogP) is 1.70. The van der Waals surface area contributed by atoms with E-state index in [0.29, 0.717) is 0 Å². The van der Waals surface area contributed by atoms with Gasteiger partial charge in [0.25, 0.3) is 16.3 Å². The highest BCUT2D eigenvalue weighted by Gasteiger charge is 2.00. The van der Waals surface area contributed by atoms with E-state index in [-0.39, 0.29) is 0 Å². The van der Waals surface area contributed by atoms with Crippen LogP contribution in [0.5, 0.6) is 0 Å². The van der Waals surface area contributed by atoms with Crippen molar-refractivity contribution in [3.8, 4) is 0 Å². The quantitative estimate of drug-likeness (QED) is 0.551. The van der Waals surface area contributed by atoms with Crippen molar-refractivity contribution >= 4 is 28.5 Å². The van der Waals surface area contributed by atoms with Gasteiger partial charge in [0.2, 0.25) is 0 Å². The Bertz CT molecular complexity index is 423. The van der Waals surface area contributed by atoms with E-state index >= 15 is 0 Å². The molecule has 20 heavy (non-hydrogen) atoms. The number of aryl methyl sites for hydroxylation is 2. The van der Waals surface area contributed by atoms with E-state index in [1.54, 1.807) is 15.6 Å². The summed E-state index contributed by atoms with van der Waals surface area (Å²) in [7, 11) is -4.64. The van der Waals surface area contributed by atoms with Crippen LogP contribution in [-0.2, 0) is 17.4 Å². The molecule has 0 saturated heterocycles. The molecule has 0 aliphatic rings. The molecule has 0 heterocycles. The number of unbranched alkanes of at least 4 members (excludes halogenated alkanes) is 2. The normalized spacial score (nSPS) is 10.8. The monoisotopic (exact) mass is 316 g/mol. The fraction of sp³-hybridized carbons (Fsp3) is 0.571. The lowest BCUT2D eigenvalue weighted by Gasteiger charge is -2.08. The SMILES string of the molecule is CCCCc1cc[c]([AlH2])c(CCCC)c1.O=P(O)(O)O. The van der Waals surface area contributed by atoms with E-state index in [1.165, 1.54) is 54.8 Å². The molecule has 6 heteroatoms. The fourth-order valence-electron chi connectivity index (χ4n) is 1.90. The van der Waals surface area contributed by atoms with Crippen molar-refractivity contribution in [3.05, 3.63) is 29.3 Å². The van der Waals surface area contributed by atoms with Crippen LogP contribution in [0.25, 0.3) is 0 Å². The Balaban J connectivity index is 0.000000621. The van der Waals surface area contributed by atoms with E-state index in [1.807, 2.05) is 0 Å². The summed E-state index contributed by atoms with van der Waals surface area (Å²) < 4.78 is 10.5. The first-order valence-corrected chi connectivity index (χ1v) is 9.71. The van der Waals surface area contributed by atoms with Crippen LogP contribution in [0, 0.1) is 0 Å². The summed E-state index contributed by atoms with van der Waals surface area (Å²) >= 11 is 1.20. The van der Waals surface area contributed by atoms with E-state index in [0.717, 1.165) is 0 Å². The summed E-state index contributed by atoms with van der Waals surface area (Å²) in [4.78, 5) is 21.6. The maximum atomic E-state index is 8.88. The molecule has 0 amide bonds. The minimum Gasteiger partial charge on any atom is -0.303 e. The van der Waals surface area contributed by atoms with E-state index in [4.69, 9.17) is 19.2 Å². The van der Waals surface area contributed by atoms with Gasteiger partial charge >= 0.3 is 7.82 Å². The Labute approximate surface area is 129 Å². The molecule has 1 rings (SSSR count). The largest absolute Gasteiger partial charge is 0.466 e. The van der Waals surface area contributed by atoms with Crippen molar-refractivity contribution in [2.24, 2.45) is 0 Å². The molecule has 0 aromatic heterocycles. The zero-order valence-electron chi connectivity index (χ0n) is 12.7. The van der Waals surface area contributed by atoms with Crippen LogP contribution in [0.2, 0.25) is 0 Å². The van der Waals surface area contributed by atoms with Crippen LogP contribution in [-0.4, -0.2) is 31.0 Å². The molecule has 0 unspecified atom stereocenters. The van der Waals surface area contributed by atoms with Gasteiger partial charge in [-0.25, -0.2) is 4.57 Å². The summed E-state index contributed by atoms with van der Waals surface area (Å²) in [6.45, 7) is 4.53. The Morgan fingerprint density at radius 1 is 1.05 bits per heavy atom. The highest BCUT2D eigenvalue weighted by Crippen LogP contribution is 2.25. The molecule has 0 bridgehead atoms. The van der Waals surface area contributed by atoms with Crippen molar-refractivity contribution in [1.82, 2.24) is 0 Å². The summed E-state index contributed by atoms with van der Waals surface area (Å²) in [5.41, 5.74) is 3.17. The molecule has 1 aromatic carbocycles. The third-order valence-corrected chi connectivity index (χ3v) is 4.01. The molecule has 0 aliphatic heterocycles. The third kappa shape index (κ3) is 11.7. The smallest absolute Gasteiger partial charge is 0.303 e. The van der Waals surface area contributed by atoms with Gasteiger partial charge in [-0.1, -0.05) is 50.5 Å². The number of benzene rings is 1. The second-order valence-corrected chi connectivity index (χ2v) is 7.09.